The Hall–Kier alpha value is -2.81. The number of hydrogen-bond donors (Lipinski definition) is 0. The van der Waals surface area contributed by atoms with Crippen molar-refractivity contribution in [2.75, 3.05) is 7.11 Å². The summed E-state index contributed by atoms with van der Waals surface area (Å²) in [6.45, 7) is 1.46. The Balaban J connectivity index is 2.06. The number of hydrogen-bond acceptors (Lipinski definition) is 5. The summed E-state index contributed by atoms with van der Waals surface area (Å²) in [7, 11) is -4.76. The normalized spacial score (nSPS) is 19.8. The van der Waals surface area contributed by atoms with E-state index in [-0.39, 0.29) is 18.4 Å². The van der Waals surface area contributed by atoms with Crippen LogP contribution >= 0.6 is 0 Å². The van der Waals surface area contributed by atoms with Gasteiger partial charge >= 0.3 is 21.6 Å². The third kappa shape index (κ3) is 4.07. The van der Waals surface area contributed by atoms with Gasteiger partial charge in [-0.3, -0.25) is 0 Å². The van der Waals surface area contributed by atoms with E-state index in [4.69, 9.17) is 4.74 Å². The maximum atomic E-state index is 12.9. The zero-order valence-electron chi connectivity index (χ0n) is 16.2. The van der Waals surface area contributed by atoms with Gasteiger partial charge in [0.15, 0.2) is 0 Å². The van der Waals surface area contributed by atoms with Crippen molar-refractivity contribution in [1.29, 1.82) is 0 Å². The molecule has 0 radical (unpaired) electrons. The van der Waals surface area contributed by atoms with Gasteiger partial charge < -0.3 is 8.92 Å². The summed E-state index contributed by atoms with van der Waals surface area (Å²) in [5.74, 6) is -1.23. The summed E-state index contributed by atoms with van der Waals surface area (Å²) < 4.78 is 71.3. The molecule has 30 heavy (non-hydrogen) atoms. The smallest absolute Gasteiger partial charge is 0.466 e. The number of benzene rings is 2. The Morgan fingerprint density at radius 1 is 1.10 bits per heavy atom. The number of carbonyl (C=O) groups is 1. The van der Waals surface area contributed by atoms with Crippen molar-refractivity contribution in [3.63, 3.8) is 0 Å². The molecule has 2 aromatic rings. The molecular weight excluding hydrogens is 421 g/mol. The van der Waals surface area contributed by atoms with Crippen molar-refractivity contribution in [1.82, 2.24) is 0 Å². The van der Waals surface area contributed by atoms with Crippen molar-refractivity contribution in [2.24, 2.45) is 5.41 Å². The van der Waals surface area contributed by atoms with Crippen molar-refractivity contribution in [3.05, 3.63) is 71.5 Å². The molecule has 0 saturated carbocycles. The molecule has 0 bridgehead atoms. The lowest BCUT2D eigenvalue weighted by Crippen LogP contribution is -2.36. The van der Waals surface area contributed by atoms with Crippen LogP contribution in [-0.4, -0.2) is 27.0 Å². The highest BCUT2D eigenvalue weighted by molar-refractivity contribution is 7.87. The highest BCUT2D eigenvalue weighted by atomic mass is 32.2. The van der Waals surface area contributed by atoms with E-state index < -0.39 is 32.8 Å². The van der Waals surface area contributed by atoms with Gasteiger partial charge in [0, 0.05) is 5.57 Å². The minimum atomic E-state index is -5.90. The zero-order valence-corrected chi connectivity index (χ0v) is 17.0. The molecule has 0 aromatic heterocycles. The predicted molar refractivity (Wildman–Crippen MR) is 105 cm³/mol. The SMILES string of the molecule is COC(=O)C1=CCC=C(OS(=O)(=O)C(F)(F)F)[C@@]1(C)Cc1ccc2ccccc2c1. The molecule has 0 unspecified atom stereocenters. The van der Waals surface area contributed by atoms with E-state index >= 15 is 0 Å². The predicted octanol–water partition coefficient (Wildman–Crippen LogP) is 4.64. The first-order valence-corrected chi connectivity index (χ1v) is 10.4. The fourth-order valence-corrected chi connectivity index (χ4v) is 4.10. The van der Waals surface area contributed by atoms with Crippen molar-refractivity contribution in [2.45, 2.75) is 25.3 Å². The quantitative estimate of drug-likeness (QED) is 0.385. The van der Waals surface area contributed by atoms with Crippen LogP contribution in [0, 0.1) is 5.41 Å². The summed E-state index contributed by atoms with van der Waals surface area (Å²) in [5.41, 5.74) is -6.35. The van der Waals surface area contributed by atoms with Crippen LogP contribution < -0.4 is 0 Å². The summed E-state index contributed by atoms with van der Waals surface area (Å²) >= 11 is 0. The zero-order chi connectivity index (χ0) is 22.2. The number of rotatable bonds is 5. The summed E-state index contributed by atoms with van der Waals surface area (Å²) in [6.07, 6.45) is 2.79. The second-order valence-electron chi connectivity index (χ2n) is 7.09. The number of methoxy groups -OCH3 is 1. The van der Waals surface area contributed by atoms with E-state index in [0.29, 0.717) is 5.56 Å². The minimum absolute atomic E-state index is 0.0258. The number of carbonyl (C=O) groups excluding carboxylic acids is 1. The van der Waals surface area contributed by atoms with Gasteiger partial charge in [-0.1, -0.05) is 48.5 Å². The molecule has 0 aliphatic heterocycles. The maximum Gasteiger partial charge on any atom is 0.534 e. The number of halogens is 3. The molecule has 1 atom stereocenters. The largest absolute Gasteiger partial charge is 0.534 e. The second-order valence-corrected chi connectivity index (χ2v) is 8.62. The van der Waals surface area contributed by atoms with Gasteiger partial charge in [0.05, 0.1) is 12.5 Å². The molecule has 9 heteroatoms. The molecule has 2 aromatic carbocycles. The Morgan fingerprint density at radius 3 is 2.40 bits per heavy atom. The summed E-state index contributed by atoms with van der Waals surface area (Å²) in [6, 6.07) is 13.0. The van der Waals surface area contributed by atoms with E-state index in [2.05, 4.69) is 4.18 Å². The van der Waals surface area contributed by atoms with E-state index in [1.165, 1.54) is 19.1 Å². The molecule has 0 spiro atoms. The molecule has 0 fully saturated rings. The van der Waals surface area contributed by atoms with Crippen LogP contribution in [0.3, 0.4) is 0 Å². The van der Waals surface area contributed by atoms with Crippen molar-refractivity contribution >= 4 is 26.9 Å². The fraction of sp³-hybridized carbons (Fsp3) is 0.286. The van der Waals surface area contributed by atoms with E-state index in [1.807, 2.05) is 36.4 Å². The molecule has 1 aliphatic carbocycles. The highest BCUT2D eigenvalue weighted by Crippen LogP contribution is 2.45. The van der Waals surface area contributed by atoms with Gasteiger partial charge in [0.2, 0.25) is 0 Å². The number of alkyl halides is 3. The third-order valence-electron chi connectivity index (χ3n) is 5.02. The molecule has 160 valence electrons. The highest BCUT2D eigenvalue weighted by Gasteiger charge is 2.52. The van der Waals surface area contributed by atoms with Crippen LogP contribution in [0.5, 0.6) is 0 Å². The summed E-state index contributed by atoms with van der Waals surface area (Å²) in [5, 5.41) is 1.86. The van der Waals surface area contributed by atoms with Gasteiger partial charge in [-0.2, -0.15) is 21.6 Å². The molecule has 0 heterocycles. The molecule has 0 amide bonds. The van der Waals surface area contributed by atoms with Gasteiger partial charge in [0.25, 0.3) is 0 Å². The lowest BCUT2D eigenvalue weighted by atomic mass is 9.72. The monoisotopic (exact) mass is 440 g/mol. The Bertz CT molecular complexity index is 1150. The van der Waals surface area contributed by atoms with Crippen molar-refractivity contribution in [3.8, 4) is 0 Å². The first-order chi connectivity index (χ1) is 14.0. The molecular formula is C21H19F3O5S. The molecule has 0 saturated heterocycles. The lowest BCUT2D eigenvalue weighted by Gasteiger charge is -2.35. The Labute approximate surface area is 171 Å². The second kappa shape index (κ2) is 7.79. The van der Waals surface area contributed by atoms with E-state index in [1.54, 1.807) is 6.07 Å². The number of allylic oxidation sites excluding steroid dienone is 3. The fourth-order valence-electron chi connectivity index (χ4n) is 3.52. The number of fused-ring (bicyclic) bond motifs is 1. The van der Waals surface area contributed by atoms with Gasteiger partial charge in [-0.05, 0) is 42.2 Å². The van der Waals surface area contributed by atoms with E-state index in [9.17, 15) is 26.4 Å². The van der Waals surface area contributed by atoms with E-state index in [0.717, 1.165) is 17.9 Å². The van der Waals surface area contributed by atoms with Crippen LogP contribution in [-0.2, 0) is 30.3 Å². The topological polar surface area (TPSA) is 69.7 Å². The average Bonchev–Trinajstić information content (AvgIpc) is 2.68. The van der Waals surface area contributed by atoms with Gasteiger partial charge in [0.1, 0.15) is 5.76 Å². The number of ether oxygens (including phenoxy) is 1. The lowest BCUT2D eigenvalue weighted by molar-refractivity contribution is -0.137. The Morgan fingerprint density at radius 2 is 1.77 bits per heavy atom. The first kappa shape index (κ1) is 21.9. The minimum Gasteiger partial charge on any atom is -0.466 e. The maximum absolute atomic E-state index is 12.9. The molecule has 3 rings (SSSR count). The van der Waals surface area contributed by atoms with Gasteiger partial charge in [-0.15, -0.1) is 0 Å². The standard InChI is InChI=1S/C21H19F3O5S/c1-20(13-14-10-11-15-6-3-4-7-16(15)12-14)17(19(25)28-2)8-5-9-18(20)29-30(26,27)21(22,23)24/h3-4,6-12H,5,13H2,1-2H3/t20-/m0/s1. The van der Waals surface area contributed by atoms with Crippen LogP contribution in [0.1, 0.15) is 18.9 Å². The summed E-state index contributed by atoms with van der Waals surface area (Å²) in [4.78, 5) is 12.3. The Kier molecular flexibility index (Phi) is 5.68. The first-order valence-electron chi connectivity index (χ1n) is 8.96. The molecule has 1 aliphatic rings. The van der Waals surface area contributed by atoms with Crippen LogP contribution in [0.4, 0.5) is 13.2 Å². The van der Waals surface area contributed by atoms with Crippen molar-refractivity contribution < 1.29 is 35.3 Å². The van der Waals surface area contributed by atoms with Crippen LogP contribution in [0.25, 0.3) is 10.8 Å². The van der Waals surface area contributed by atoms with Gasteiger partial charge in [-0.25, -0.2) is 4.79 Å². The van der Waals surface area contributed by atoms with Crippen LogP contribution in [0.2, 0.25) is 0 Å². The number of esters is 1. The third-order valence-corrected chi connectivity index (χ3v) is 5.99. The van der Waals surface area contributed by atoms with Crippen LogP contribution in [0.15, 0.2) is 65.9 Å². The molecule has 0 N–H and O–H groups in total. The average molecular weight is 440 g/mol. The molecule has 5 nitrogen and oxygen atoms in total.